The van der Waals surface area contributed by atoms with Crippen LogP contribution >= 0.6 is 34.4 Å². The van der Waals surface area contributed by atoms with Crippen LogP contribution in [0.1, 0.15) is 0 Å². The molecular weight excluding hydrogens is 271 g/mol. The lowest BCUT2D eigenvalue weighted by Crippen LogP contribution is -1.85. The van der Waals surface area contributed by atoms with Crippen molar-refractivity contribution in [1.82, 2.24) is 0 Å². The van der Waals surface area contributed by atoms with Crippen LogP contribution in [0.3, 0.4) is 0 Å². The van der Waals surface area contributed by atoms with Crippen molar-refractivity contribution in [3.8, 4) is 5.75 Å². The Labute approximate surface area is 84.7 Å². The zero-order valence-corrected chi connectivity index (χ0v) is 9.40. The summed E-state index contributed by atoms with van der Waals surface area (Å²) in [4.78, 5) is 1.19. The maximum absolute atomic E-state index is 5.17. The molecule has 0 atom stereocenters. The molecule has 11 heavy (non-hydrogen) atoms. The fourth-order valence-electron chi connectivity index (χ4n) is 0.810. The number of hydrogen-bond acceptors (Lipinski definition) is 2. The monoisotopic (exact) mass is 280 g/mol. The molecule has 0 amide bonds. The fraction of sp³-hybridized carbons (Fsp3) is 0.250. The summed E-state index contributed by atoms with van der Waals surface area (Å²) in [5.41, 5.74) is 0. The molecule has 0 saturated carbocycles. The summed E-state index contributed by atoms with van der Waals surface area (Å²) in [6, 6.07) is 6.15. The molecular formula is C8H9IOS. The van der Waals surface area contributed by atoms with Gasteiger partial charge in [-0.25, -0.2) is 0 Å². The third kappa shape index (κ3) is 2.27. The number of hydrogen-bond donors (Lipinski definition) is 0. The minimum absolute atomic E-state index is 0.956. The lowest BCUT2D eigenvalue weighted by atomic mass is 10.3. The molecule has 0 heterocycles. The van der Waals surface area contributed by atoms with E-state index in [4.69, 9.17) is 4.74 Å². The predicted molar refractivity (Wildman–Crippen MR) is 57.5 cm³/mol. The van der Waals surface area contributed by atoms with Crippen molar-refractivity contribution in [2.45, 2.75) is 4.90 Å². The van der Waals surface area contributed by atoms with E-state index in [1.807, 2.05) is 18.4 Å². The van der Waals surface area contributed by atoms with Crippen molar-refractivity contribution in [2.75, 3.05) is 13.4 Å². The second-order valence-electron chi connectivity index (χ2n) is 2.00. The zero-order chi connectivity index (χ0) is 8.27. The first-order chi connectivity index (χ1) is 5.27. The van der Waals surface area contributed by atoms with Crippen molar-refractivity contribution in [3.05, 3.63) is 21.8 Å². The molecule has 0 unspecified atom stereocenters. The Hall–Kier alpha value is 0.1000. The third-order valence-corrected chi connectivity index (χ3v) is 2.78. The molecule has 60 valence electrons. The Morgan fingerprint density at radius 2 is 2.18 bits per heavy atom. The number of thioether (sulfide) groups is 1. The molecule has 0 aliphatic heterocycles. The average molecular weight is 280 g/mol. The van der Waals surface area contributed by atoms with Crippen molar-refractivity contribution < 1.29 is 4.74 Å². The highest BCUT2D eigenvalue weighted by Gasteiger charge is 2.00. The summed E-state index contributed by atoms with van der Waals surface area (Å²) in [7, 11) is 1.70. The van der Waals surface area contributed by atoms with Gasteiger partial charge in [0.05, 0.1) is 12.0 Å². The minimum Gasteiger partial charge on any atom is -0.496 e. The van der Waals surface area contributed by atoms with E-state index in [1.165, 1.54) is 8.47 Å². The Morgan fingerprint density at radius 1 is 1.45 bits per heavy atom. The molecule has 0 bridgehead atoms. The van der Waals surface area contributed by atoms with Gasteiger partial charge in [0.2, 0.25) is 0 Å². The van der Waals surface area contributed by atoms with Crippen LogP contribution in [0.2, 0.25) is 0 Å². The van der Waals surface area contributed by atoms with E-state index in [1.54, 1.807) is 18.9 Å². The Balaban J connectivity index is 3.06. The maximum atomic E-state index is 5.17. The molecule has 1 rings (SSSR count). The van der Waals surface area contributed by atoms with E-state index in [9.17, 15) is 0 Å². The van der Waals surface area contributed by atoms with E-state index in [2.05, 4.69) is 28.7 Å². The molecule has 0 radical (unpaired) electrons. The van der Waals surface area contributed by atoms with Crippen molar-refractivity contribution >= 4 is 34.4 Å². The number of ether oxygens (including phenoxy) is 1. The van der Waals surface area contributed by atoms with Gasteiger partial charge in [-0.1, -0.05) is 0 Å². The van der Waals surface area contributed by atoms with Gasteiger partial charge in [-0.3, -0.25) is 0 Å². The quantitative estimate of drug-likeness (QED) is 0.608. The van der Waals surface area contributed by atoms with Gasteiger partial charge >= 0.3 is 0 Å². The molecule has 1 nitrogen and oxygen atoms in total. The average Bonchev–Trinajstić information content (AvgIpc) is 2.04. The predicted octanol–water partition coefficient (Wildman–Crippen LogP) is 3.02. The highest BCUT2D eigenvalue weighted by molar-refractivity contribution is 14.1. The van der Waals surface area contributed by atoms with E-state index in [0.717, 1.165) is 5.75 Å². The van der Waals surface area contributed by atoms with Gasteiger partial charge in [0.15, 0.2) is 0 Å². The SMILES string of the molecule is COc1ccc(I)cc1SC. The van der Waals surface area contributed by atoms with E-state index in [-0.39, 0.29) is 0 Å². The summed E-state index contributed by atoms with van der Waals surface area (Å²) in [5, 5.41) is 0. The van der Waals surface area contributed by atoms with Gasteiger partial charge in [-0.05, 0) is 47.0 Å². The van der Waals surface area contributed by atoms with Gasteiger partial charge in [0, 0.05) is 3.57 Å². The standard InChI is InChI=1S/C8H9IOS/c1-10-7-4-3-6(9)5-8(7)11-2/h3-5H,1-2H3. The van der Waals surface area contributed by atoms with Crippen LogP contribution in [0.4, 0.5) is 0 Å². The van der Waals surface area contributed by atoms with E-state index in [0.29, 0.717) is 0 Å². The largest absolute Gasteiger partial charge is 0.496 e. The van der Waals surface area contributed by atoms with E-state index >= 15 is 0 Å². The minimum atomic E-state index is 0.956. The summed E-state index contributed by atoms with van der Waals surface area (Å²) in [6.45, 7) is 0. The van der Waals surface area contributed by atoms with E-state index < -0.39 is 0 Å². The van der Waals surface area contributed by atoms with Crippen LogP contribution < -0.4 is 4.74 Å². The molecule has 1 aromatic rings. The first kappa shape index (κ1) is 9.19. The topological polar surface area (TPSA) is 9.23 Å². The molecule has 0 N–H and O–H groups in total. The molecule has 0 spiro atoms. The second-order valence-corrected chi connectivity index (χ2v) is 4.09. The number of halogens is 1. The van der Waals surface area contributed by atoms with Crippen molar-refractivity contribution in [1.29, 1.82) is 0 Å². The van der Waals surface area contributed by atoms with Crippen molar-refractivity contribution in [3.63, 3.8) is 0 Å². The second kappa shape index (κ2) is 4.21. The summed E-state index contributed by atoms with van der Waals surface area (Å²) in [5.74, 6) is 0.956. The Bertz CT molecular complexity index is 250. The highest BCUT2D eigenvalue weighted by atomic mass is 127. The van der Waals surface area contributed by atoms with Gasteiger partial charge in [0.25, 0.3) is 0 Å². The van der Waals surface area contributed by atoms with Crippen LogP contribution in [0, 0.1) is 3.57 Å². The Kier molecular flexibility index (Phi) is 3.51. The van der Waals surface area contributed by atoms with Crippen LogP contribution in [0.25, 0.3) is 0 Å². The lowest BCUT2D eigenvalue weighted by Gasteiger charge is -2.05. The van der Waals surface area contributed by atoms with Gasteiger partial charge in [-0.2, -0.15) is 0 Å². The van der Waals surface area contributed by atoms with Crippen LogP contribution in [0.5, 0.6) is 5.75 Å². The van der Waals surface area contributed by atoms with Gasteiger partial charge < -0.3 is 4.74 Å². The van der Waals surface area contributed by atoms with Gasteiger partial charge in [0.1, 0.15) is 5.75 Å². The molecule has 1 aromatic carbocycles. The Morgan fingerprint density at radius 3 is 2.73 bits per heavy atom. The number of rotatable bonds is 2. The lowest BCUT2D eigenvalue weighted by molar-refractivity contribution is 0.404. The molecule has 0 fully saturated rings. The molecule has 0 aliphatic carbocycles. The number of methoxy groups -OCH3 is 1. The van der Waals surface area contributed by atoms with Crippen LogP contribution in [-0.4, -0.2) is 13.4 Å². The summed E-state index contributed by atoms with van der Waals surface area (Å²) < 4.78 is 6.41. The summed E-state index contributed by atoms with van der Waals surface area (Å²) >= 11 is 4.00. The highest BCUT2D eigenvalue weighted by Crippen LogP contribution is 2.28. The molecule has 3 heteroatoms. The zero-order valence-electron chi connectivity index (χ0n) is 6.43. The van der Waals surface area contributed by atoms with Crippen molar-refractivity contribution in [2.24, 2.45) is 0 Å². The first-order valence-electron chi connectivity index (χ1n) is 3.15. The normalized spacial score (nSPS) is 9.73. The van der Waals surface area contributed by atoms with Gasteiger partial charge in [-0.15, -0.1) is 11.8 Å². The third-order valence-electron chi connectivity index (χ3n) is 1.35. The summed E-state index contributed by atoms with van der Waals surface area (Å²) in [6.07, 6.45) is 2.05. The fourth-order valence-corrected chi connectivity index (χ4v) is 2.11. The molecule has 0 aliphatic rings. The first-order valence-corrected chi connectivity index (χ1v) is 5.46. The maximum Gasteiger partial charge on any atom is 0.132 e. The molecule has 0 aromatic heterocycles. The number of benzene rings is 1. The van der Waals surface area contributed by atoms with Crippen LogP contribution in [0.15, 0.2) is 23.1 Å². The smallest absolute Gasteiger partial charge is 0.132 e. The molecule has 0 saturated heterocycles. The van der Waals surface area contributed by atoms with Crippen LogP contribution in [-0.2, 0) is 0 Å².